The van der Waals surface area contributed by atoms with Gasteiger partial charge in [-0.2, -0.15) is 5.10 Å². The van der Waals surface area contributed by atoms with E-state index in [4.69, 9.17) is 10.1 Å². The van der Waals surface area contributed by atoms with E-state index in [1.54, 1.807) is 0 Å². The first kappa shape index (κ1) is 16.1. The highest BCUT2D eigenvalue weighted by Gasteiger charge is 2.27. The maximum atomic E-state index is 4.78. The van der Waals surface area contributed by atoms with Crippen LogP contribution >= 0.6 is 0 Å². The summed E-state index contributed by atoms with van der Waals surface area (Å²) in [5, 5.41) is 4.78. The molecule has 1 aliphatic rings. The van der Waals surface area contributed by atoms with Crippen molar-refractivity contribution >= 4 is 5.65 Å². The fourth-order valence-electron chi connectivity index (χ4n) is 3.72. The van der Waals surface area contributed by atoms with E-state index in [0.717, 1.165) is 48.7 Å². The van der Waals surface area contributed by atoms with Gasteiger partial charge >= 0.3 is 0 Å². The van der Waals surface area contributed by atoms with E-state index in [2.05, 4.69) is 33.1 Å². The van der Waals surface area contributed by atoms with E-state index < -0.39 is 0 Å². The molecular weight excluding hydrogens is 336 g/mol. The minimum absolute atomic E-state index is 0.385. The molecule has 6 nitrogen and oxygen atoms in total. The van der Waals surface area contributed by atoms with Gasteiger partial charge in [-0.3, -0.25) is 14.9 Å². The Morgan fingerprint density at radius 3 is 2.48 bits per heavy atom. The highest BCUT2D eigenvalue weighted by atomic mass is 15.3. The number of rotatable bonds is 4. The lowest BCUT2D eigenvalue weighted by Gasteiger charge is -2.14. The van der Waals surface area contributed by atoms with Crippen LogP contribution in [0.2, 0.25) is 0 Å². The summed E-state index contributed by atoms with van der Waals surface area (Å²) in [7, 11) is 0. The Kier molecular flexibility index (Phi) is 4.10. The predicted molar refractivity (Wildman–Crippen MR) is 103 cm³/mol. The van der Waals surface area contributed by atoms with Gasteiger partial charge in [0.1, 0.15) is 0 Å². The van der Waals surface area contributed by atoms with Crippen LogP contribution in [0.4, 0.5) is 0 Å². The van der Waals surface area contributed by atoms with Gasteiger partial charge in [0.05, 0.1) is 0 Å². The van der Waals surface area contributed by atoms with Crippen LogP contribution < -0.4 is 0 Å². The summed E-state index contributed by atoms with van der Waals surface area (Å²) in [6, 6.07) is 12.3. The van der Waals surface area contributed by atoms with Crippen LogP contribution in [0, 0.1) is 0 Å². The number of fused-ring (bicyclic) bond motifs is 1. The molecular formula is C21H20N6. The summed E-state index contributed by atoms with van der Waals surface area (Å²) in [5.41, 5.74) is 4.45. The zero-order valence-corrected chi connectivity index (χ0v) is 14.9. The van der Waals surface area contributed by atoms with Crippen molar-refractivity contribution in [3.63, 3.8) is 0 Å². The van der Waals surface area contributed by atoms with Gasteiger partial charge in [-0.1, -0.05) is 0 Å². The van der Waals surface area contributed by atoms with Crippen LogP contribution in [0.5, 0.6) is 0 Å². The fourth-order valence-corrected chi connectivity index (χ4v) is 3.72. The molecule has 0 spiro atoms. The summed E-state index contributed by atoms with van der Waals surface area (Å²) in [6.45, 7) is 3.03. The van der Waals surface area contributed by atoms with Crippen molar-refractivity contribution in [2.75, 3.05) is 13.1 Å². The maximum Gasteiger partial charge on any atom is 0.156 e. The SMILES string of the molecule is c1cc(CN2CCC(c3nc4ccc(-c5ccncc5)cn4n3)C2)ccn1. The lowest BCUT2D eigenvalue weighted by atomic mass is 10.1. The van der Waals surface area contributed by atoms with E-state index >= 15 is 0 Å². The number of pyridine rings is 3. The number of likely N-dealkylation sites (tertiary alicyclic amines) is 1. The number of nitrogens with zero attached hydrogens (tertiary/aromatic N) is 6. The van der Waals surface area contributed by atoms with Gasteiger partial charge < -0.3 is 0 Å². The topological polar surface area (TPSA) is 59.2 Å². The number of aromatic nitrogens is 5. The maximum absolute atomic E-state index is 4.78. The molecule has 1 atom stereocenters. The number of hydrogen-bond acceptors (Lipinski definition) is 5. The van der Waals surface area contributed by atoms with E-state index in [0.29, 0.717) is 5.92 Å². The van der Waals surface area contributed by atoms with Gasteiger partial charge in [0.15, 0.2) is 11.5 Å². The Bertz CT molecular complexity index is 1040. The molecule has 0 N–H and O–H groups in total. The smallest absolute Gasteiger partial charge is 0.156 e. The third kappa shape index (κ3) is 3.31. The largest absolute Gasteiger partial charge is 0.298 e. The second-order valence-corrected chi connectivity index (χ2v) is 7.00. The quantitative estimate of drug-likeness (QED) is 0.562. The lowest BCUT2D eigenvalue weighted by molar-refractivity contribution is 0.325. The summed E-state index contributed by atoms with van der Waals surface area (Å²) in [4.78, 5) is 15.4. The predicted octanol–water partition coefficient (Wildman–Crippen LogP) is 3.18. The van der Waals surface area contributed by atoms with Crippen LogP contribution in [0.15, 0.2) is 67.4 Å². The Morgan fingerprint density at radius 2 is 1.67 bits per heavy atom. The van der Waals surface area contributed by atoms with Crippen molar-refractivity contribution in [3.8, 4) is 11.1 Å². The summed E-state index contributed by atoms with van der Waals surface area (Å²) in [5.74, 6) is 1.33. The molecule has 27 heavy (non-hydrogen) atoms. The highest BCUT2D eigenvalue weighted by Crippen LogP contribution is 2.27. The van der Waals surface area contributed by atoms with Crippen LogP contribution in [0.1, 0.15) is 23.7 Å². The van der Waals surface area contributed by atoms with E-state index in [9.17, 15) is 0 Å². The van der Waals surface area contributed by atoms with Crippen LogP contribution in [-0.4, -0.2) is 42.6 Å². The average molecular weight is 356 g/mol. The molecule has 1 unspecified atom stereocenters. The molecule has 0 amide bonds. The molecule has 0 bridgehead atoms. The van der Waals surface area contributed by atoms with Gasteiger partial charge in [-0.15, -0.1) is 0 Å². The molecule has 0 aromatic carbocycles. The summed E-state index contributed by atoms with van der Waals surface area (Å²) < 4.78 is 1.90. The van der Waals surface area contributed by atoms with Crippen molar-refractivity contribution in [1.82, 2.24) is 29.5 Å². The summed E-state index contributed by atoms with van der Waals surface area (Å²) >= 11 is 0. The Labute approximate surface area is 157 Å². The zero-order valence-electron chi connectivity index (χ0n) is 14.9. The van der Waals surface area contributed by atoms with Crippen molar-refractivity contribution in [2.45, 2.75) is 18.9 Å². The molecule has 6 heteroatoms. The Balaban J connectivity index is 1.35. The Morgan fingerprint density at radius 1 is 0.889 bits per heavy atom. The van der Waals surface area contributed by atoms with E-state index in [1.807, 2.05) is 53.7 Å². The molecule has 0 aliphatic carbocycles. The second kappa shape index (κ2) is 6.89. The standard InChI is InChI=1S/C21H20N6/c1-2-20-24-21(25-27(20)15-18(1)17-5-10-23-11-6-17)19-7-12-26(14-19)13-16-3-8-22-9-4-16/h1-6,8-11,15,19H,7,12-14H2. The molecule has 0 radical (unpaired) electrons. The lowest BCUT2D eigenvalue weighted by Crippen LogP contribution is -2.20. The van der Waals surface area contributed by atoms with Crippen molar-refractivity contribution in [2.24, 2.45) is 0 Å². The van der Waals surface area contributed by atoms with Crippen LogP contribution in [0.3, 0.4) is 0 Å². The first-order valence-corrected chi connectivity index (χ1v) is 9.23. The number of hydrogen-bond donors (Lipinski definition) is 0. The van der Waals surface area contributed by atoms with Crippen molar-refractivity contribution < 1.29 is 0 Å². The van der Waals surface area contributed by atoms with Crippen LogP contribution in [0.25, 0.3) is 16.8 Å². The molecule has 1 saturated heterocycles. The van der Waals surface area contributed by atoms with Crippen molar-refractivity contribution in [3.05, 3.63) is 78.8 Å². The van der Waals surface area contributed by atoms with Gasteiger partial charge in [0.2, 0.25) is 0 Å². The molecule has 1 aliphatic heterocycles. The van der Waals surface area contributed by atoms with Crippen molar-refractivity contribution in [1.29, 1.82) is 0 Å². The molecule has 5 rings (SSSR count). The zero-order chi connectivity index (χ0) is 18.1. The third-order valence-electron chi connectivity index (χ3n) is 5.15. The minimum atomic E-state index is 0.385. The van der Waals surface area contributed by atoms with Gasteiger partial charge in [0.25, 0.3) is 0 Å². The second-order valence-electron chi connectivity index (χ2n) is 7.00. The highest BCUT2D eigenvalue weighted by molar-refractivity contribution is 5.63. The molecule has 1 fully saturated rings. The third-order valence-corrected chi connectivity index (χ3v) is 5.15. The summed E-state index contributed by atoms with van der Waals surface area (Å²) in [6.07, 6.45) is 10.5. The first-order chi connectivity index (χ1) is 13.3. The minimum Gasteiger partial charge on any atom is -0.298 e. The molecule has 4 aromatic heterocycles. The van der Waals surface area contributed by atoms with E-state index in [-0.39, 0.29) is 0 Å². The monoisotopic (exact) mass is 356 g/mol. The van der Waals surface area contributed by atoms with Gasteiger partial charge in [-0.25, -0.2) is 9.50 Å². The fraction of sp³-hybridized carbons (Fsp3) is 0.238. The van der Waals surface area contributed by atoms with Gasteiger partial charge in [-0.05, 0) is 60.5 Å². The molecule has 0 saturated carbocycles. The first-order valence-electron chi connectivity index (χ1n) is 9.23. The Hall–Kier alpha value is -3.12. The van der Waals surface area contributed by atoms with E-state index in [1.165, 1.54) is 5.56 Å². The normalized spacial score (nSPS) is 17.6. The molecule has 4 aromatic rings. The molecule has 5 heterocycles. The average Bonchev–Trinajstić information content (AvgIpc) is 3.35. The molecule has 134 valence electrons. The van der Waals surface area contributed by atoms with Gasteiger partial charge in [0, 0.05) is 55.6 Å². The van der Waals surface area contributed by atoms with Crippen LogP contribution in [-0.2, 0) is 6.54 Å².